The maximum absolute atomic E-state index is 5.99. The molecule has 0 bridgehead atoms. The third-order valence-electron chi connectivity index (χ3n) is 3.49. The summed E-state index contributed by atoms with van der Waals surface area (Å²) in [5.41, 5.74) is 9.65. The molecule has 86 valence electrons. The van der Waals surface area contributed by atoms with Crippen molar-refractivity contribution in [3.8, 4) is 0 Å². The second kappa shape index (κ2) is 3.98. The van der Waals surface area contributed by atoms with Gasteiger partial charge in [0.1, 0.15) is 0 Å². The fourth-order valence-corrected chi connectivity index (χ4v) is 2.42. The van der Waals surface area contributed by atoms with E-state index in [2.05, 4.69) is 28.4 Å². The van der Waals surface area contributed by atoms with Gasteiger partial charge in [0, 0.05) is 37.6 Å². The standard InChI is InChI=1S/C13H19N3/c14-12-7-11(10-1-2-10)8-13(9-12)16-5-3-15-4-6-16/h7-10,15H,1-6,14H2. The molecule has 1 saturated heterocycles. The van der Waals surface area contributed by atoms with E-state index in [9.17, 15) is 0 Å². The highest BCUT2D eigenvalue weighted by Gasteiger charge is 2.24. The van der Waals surface area contributed by atoms with Gasteiger partial charge in [0.2, 0.25) is 0 Å². The Kier molecular flexibility index (Phi) is 2.48. The molecule has 1 aromatic carbocycles. The summed E-state index contributed by atoms with van der Waals surface area (Å²) in [6, 6.07) is 6.58. The van der Waals surface area contributed by atoms with Crippen molar-refractivity contribution in [3.05, 3.63) is 23.8 Å². The number of nitrogens with two attached hydrogens (primary N) is 1. The maximum atomic E-state index is 5.99. The molecule has 0 radical (unpaired) electrons. The van der Waals surface area contributed by atoms with Crippen LogP contribution in [-0.2, 0) is 0 Å². The lowest BCUT2D eigenvalue weighted by atomic mass is 10.1. The first-order chi connectivity index (χ1) is 7.83. The summed E-state index contributed by atoms with van der Waals surface area (Å²) in [4.78, 5) is 2.43. The number of nitrogens with zero attached hydrogens (tertiary/aromatic N) is 1. The molecule has 0 atom stereocenters. The van der Waals surface area contributed by atoms with Gasteiger partial charge in [0.25, 0.3) is 0 Å². The second-order valence-corrected chi connectivity index (χ2v) is 4.87. The van der Waals surface area contributed by atoms with Gasteiger partial charge in [-0.25, -0.2) is 0 Å². The minimum absolute atomic E-state index is 0.783. The van der Waals surface area contributed by atoms with Gasteiger partial charge in [-0.1, -0.05) is 0 Å². The highest BCUT2D eigenvalue weighted by molar-refractivity contribution is 5.59. The fourth-order valence-electron chi connectivity index (χ4n) is 2.42. The van der Waals surface area contributed by atoms with Gasteiger partial charge in [0.15, 0.2) is 0 Å². The molecule has 0 spiro atoms. The third-order valence-corrected chi connectivity index (χ3v) is 3.49. The van der Waals surface area contributed by atoms with Crippen LogP contribution in [0.5, 0.6) is 0 Å². The molecular weight excluding hydrogens is 198 g/mol. The lowest BCUT2D eigenvalue weighted by Gasteiger charge is -2.30. The molecule has 3 nitrogen and oxygen atoms in total. The van der Waals surface area contributed by atoms with Crippen LogP contribution in [-0.4, -0.2) is 26.2 Å². The number of nitrogen functional groups attached to an aromatic ring is 1. The highest BCUT2D eigenvalue weighted by Crippen LogP contribution is 2.42. The number of hydrogen-bond donors (Lipinski definition) is 2. The summed E-state index contributed by atoms with van der Waals surface area (Å²) in [5, 5.41) is 3.38. The van der Waals surface area contributed by atoms with E-state index in [0.717, 1.165) is 37.8 Å². The van der Waals surface area contributed by atoms with Crippen molar-refractivity contribution in [2.75, 3.05) is 36.8 Å². The lowest BCUT2D eigenvalue weighted by molar-refractivity contribution is 0.589. The van der Waals surface area contributed by atoms with Gasteiger partial charge in [0.05, 0.1) is 0 Å². The van der Waals surface area contributed by atoms with Gasteiger partial charge >= 0.3 is 0 Å². The van der Waals surface area contributed by atoms with Gasteiger partial charge in [-0.3, -0.25) is 0 Å². The van der Waals surface area contributed by atoms with Crippen molar-refractivity contribution >= 4 is 11.4 Å². The predicted molar refractivity (Wildman–Crippen MR) is 67.9 cm³/mol. The van der Waals surface area contributed by atoms with E-state index in [0.29, 0.717) is 0 Å². The Morgan fingerprint density at radius 3 is 2.56 bits per heavy atom. The summed E-state index contributed by atoms with van der Waals surface area (Å²) in [6.45, 7) is 4.34. The van der Waals surface area contributed by atoms with E-state index < -0.39 is 0 Å². The van der Waals surface area contributed by atoms with Crippen LogP contribution in [0.15, 0.2) is 18.2 Å². The zero-order valence-electron chi connectivity index (χ0n) is 9.58. The first-order valence-corrected chi connectivity index (χ1v) is 6.19. The molecular formula is C13H19N3. The Hall–Kier alpha value is -1.22. The predicted octanol–water partition coefficient (Wildman–Crippen LogP) is 1.56. The minimum Gasteiger partial charge on any atom is -0.399 e. The minimum atomic E-state index is 0.783. The summed E-state index contributed by atoms with van der Waals surface area (Å²) in [5.74, 6) is 0.783. The molecule has 0 unspecified atom stereocenters. The van der Waals surface area contributed by atoms with Crippen LogP contribution in [0.25, 0.3) is 0 Å². The van der Waals surface area contributed by atoms with Crippen LogP contribution in [0.1, 0.15) is 24.3 Å². The molecule has 0 amide bonds. The molecule has 1 aliphatic carbocycles. The van der Waals surface area contributed by atoms with E-state index in [4.69, 9.17) is 5.73 Å². The van der Waals surface area contributed by atoms with Crippen LogP contribution in [0.2, 0.25) is 0 Å². The fraction of sp³-hybridized carbons (Fsp3) is 0.538. The number of anilines is 2. The molecule has 2 fully saturated rings. The molecule has 1 aromatic rings. The van der Waals surface area contributed by atoms with Crippen LogP contribution >= 0.6 is 0 Å². The molecule has 3 N–H and O–H groups in total. The zero-order valence-corrected chi connectivity index (χ0v) is 9.58. The van der Waals surface area contributed by atoms with Gasteiger partial charge in [-0.2, -0.15) is 0 Å². The summed E-state index contributed by atoms with van der Waals surface area (Å²) in [7, 11) is 0. The average Bonchev–Trinajstić information content (AvgIpc) is 3.13. The van der Waals surface area contributed by atoms with Crippen molar-refractivity contribution in [1.82, 2.24) is 5.32 Å². The molecule has 1 saturated carbocycles. The maximum Gasteiger partial charge on any atom is 0.0390 e. The Labute approximate surface area is 96.6 Å². The van der Waals surface area contributed by atoms with Crippen molar-refractivity contribution in [3.63, 3.8) is 0 Å². The Morgan fingerprint density at radius 1 is 1.12 bits per heavy atom. The Bertz CT molecular complexity index is 379. The van der Waals surface area contributed by atoms with Crippen molar-refractivity contribution in [2.45, 2.75) is 18.8 Å². The quantitative estimate of drug-likeness (QED) is 0.739. The largest absolute Gasteiger partial charge is 0.399 e. The smallest absolute Gasteiger partial charge is 0.0390 e. The Morgan fingerprint density at radius 2 is 1.88 bits per heavy atom. The van der Waals surface area contributed by atoms with E-state index in [1.54, 1.807) is 0 Å². The number of nitrogens with one attached hydrogen (secondary N) is 1. The van der Waals surface area contributed by atoms with Gasteiger partial charge in [-0.05, 0) is 42.5 Å². The molecule has 0 aromatic heterocycles. The highest BCUT2D eigenvalue weighted by atomic mass is 15.2. The Balaban J connectivity index is 1.86. The molecule has 3 rings (SSSR count). The summed E-state index contributed by atoms with van der Waals surface area (Å²) < 4.78 is 0. The third kappa shape index (κ3) is 2.00. The normalized spacial score (nSPS) is 21.1. The van der Waals surface area contributed by atoms with Crippen LogP contribution in [0, 0.1) is 0 Å². The molecule has 3 heteroatoms. The van der Waals surface area contributed by atoms with Gasteiger partial charge < -0.3 is 16.0 Å². The number of benzene rings is 1. The number of rotatable bonds is 2. The zero-order chi connectivity index (χ0) is 11.0. The number of piperazine rings is 1. The first kappa shape index (κ1) is 9.97. The monoisotopic (exact) mass is 217 g/mol. The topological polar surface area (TPSA) is 41.3 Å². The lowest BCUT2D eigenvalue weighted by Crippen LogP contribution is -2.43. The van der Waals surface area contributed by atoms with Gasteiger partial charge in [-0.15, -0.1) is 0 Å². The number of hydrogen-bond acceptors (Lipinski definition) is 3. The SMILES string of the molecule is Nc1cc(C2CC2)cc(N2CCNCC2)c1. The van der Waals surface area contributed by atoms with Crippen LogP contribution in [0.3, 0.4) is 0 Å². The van der Waals surface area contributed by atoms with Crippen molar-refractivity contribution in [2.24, 2.45) is 0 Å². The molecule has 1 heterocycles. The first-order valence-electron chi connectivity index (χ1n) is 6.19. The van der Waals surface area contributed by atoms with E-state index in [1.807, 2.05) is 0 Å². The van der Waals surface area contributed by atoms with Crippen LogP contribution < -0.4 is 16.0 Å². The summed E-state index contributed by atoms with van der Waals surface area (Å²) in [6.07, 6.45) is 2.68. The average molecular weight is 217 g/mol. The molecule has 1 aliphatic heterocycles. The van der Waals surface area contributed by atoms with E-state index >= 15 is 0 Å². The summed E-state index contributed by atoms with van der Waals surface area (Å²) >= 11 is 0. The van der Waals surface area contributed by atoms with E-state index in [-0.39, 0.29) is 0 Å². The second-order valence-electron chi connectivity index (χ2n) is 4.87. The molecule has 16 heavy (non-hydrogen) atoms. The van der Waals surface area contributed by atoms with E-state index in [1.165, 1.54) is 24.1 Å². The van der Waals surface area contributed by atoms with Crippen molar-refractivity contribution in [1.29, 1.82) is 0 Å². The van der Waals surface area contributed by atoms with Crippen molar-refractivity contribution < 1.29 is 0 Å². The van der Waals surface area contributed by atoms with Crippen LogP contribution in [0.4, 0.5) is 11.4 Å². The molecule has 2 aliphatic rings.